The lowest BCUT2D eigenvalue weighted by Gasteiger charge is -2.15. The highest BCUT2D eigenvalue weighted by atomic mass is 16.5. The molecular weight excluding hydrogens is 266 g/mol. The lowest BCUT2D eigenvalue weighted by molar-refractivity contribution is 0.276. The number of benzene rings is 1. The van der Waals surface area contributed by atoms with Crippen LogP contribution in [0.15, 0.2) is 36.9 Å². The first-order chi connectivity index (χ1) is 10.4. The summed E-state index contributed by atoms with van der Waals surface area (Å²) in [6, 6.07) is 6.71. The van der Waals surface area contributed by atoms with E-state index in [1.807, 2.05) is 22.9 Å². The molecule has 1 aliphatic rings. The molecule has 1 aromatic heterocycles. The van der Waals surface area contributed by atoms with Gasteiger partial charge in [-0.15, -0.1) is 0 Å². The molecule has 3 rings (SSSR count). The van der Waals surface area contributed by atoms with Crippen molar-refractivity contribution in [3.63, 3.8) is 0 Å². The molecule has 1 heterocycles. The van der Waals surface area contributed by atoms with Gasteiger partial charge >= 0.3 is 0 Å². The van der Waals surface area contributed by atoms with Crippen molar-refractivity contribution in [3.8, 4) is 11.5 Å². The second-order valence-corrected chi connectivity index (χ2v) is 5.25. The van der Waals surface area contributed by atoms with E-state index in [9.17, 15) is 0 Å². The predicted molar refractivity (Wildman–Crippen MR) is 80.6 cm³/mol. The third kappa shape index (κ3) is 3.76. The number of para-hydroxylation sites is 1. The zero-order valence-electron chi connectivity index (χ0n) is 12.3. The summed E-state index contributed by atoms with van der Waals surface area (Å²) in [5.41, 5.74) is 1.15. The van der Waals surface area contributed by atoms with Gasteiger partial charge in [-0.25, -0.2) is 4.98 Å². The van der Waals surface area contributed by atoms with E-state index >= 15 is 0 Å². The zero-order valence-corrected chi connectivity index (χ0v) is 12.3. The first-order valence-corrected chi connectivity index (χ1v) is 7.34. The number of nitrogens with zero attached hydrogens (tertiary/aromatic N) is 2. The van der Waals surface area contributed by atoms with Gasteiger partial charge in [0.05, 0.1) is 20.0 Å². The molecule has 0 unspecified atom stereocenters. The highest BCUT2D eigenvalue weighted by Crippen LogP contribution is 2.31. The molecule has 1 N–H and O–H groups in total. The molecule has 2 aromatic rings. The van der Waals surface area contributed by atoms with Crippen LogP contribution in [0, 0.1) is 0 Å². The minimum Gasteiger partial charge on any atom is -0.493 e. The van der Waals surface area contributed by atoms with Gasteiger partial charge < -0.3 is 19.4 Å². The molecule has 5 nitrogen and oxygen atoms in total. The van der Waals surface area contributed by atoms with Gasteiger partial charge in [0.1, 0.15) is 6.61 Å². The molecule has 0 bridgehead atoms. The highest BCUT2D eigenvalue weighted by molar-refractivity contribution is 5.46. The first kappa shape index (κ1) is 13.9. The fourth-order valence-electron chi connectivity index (χ4n) is 2.24. The van der Waals surface area contributed by atoms with Gasteiger partial charge in [-0.3, -0.25) is 0 Å². The van der Waals surface area contributed by atoms with E-state index in [0.29, 0.717) is 12.6 Å². The van der Waals surface area contributed by atoms with Crippen molar-refractivity contribution in [2.45, 2.75) is 32.0 Å². The molecule has 0 saturated heterocycles. The number of ether oxygens (including phenoxy) is 2. The SMILES string of the molecule is COc1cccc(CNC2CC2)c1OCCn1ccnc1. The summed E-state index contributed by atoms with van der Waals surface area (Å²) in [5.74, 6) is 1.63. The quantitative estimate of drug-likeness (QED) is 0.809. The molecule has 1 fully saturated rings. The Hall–Kier alpha value is -2.01. The van der Waals surface area contributed by atoms with Gasteiger partial charge in [0.15, 0.2) is 11.5 Å². The van der Waals surface area contributed by atoms with E-state index in [2.05, 4.69) is 16.4 Å². The Balaban J connectivity index is 1.64. The minimum absolute atomic E-state index is 0.590. The van der Waals surface area contributed by atoms with Crippen LogP contribution < -0.4 is 14.8 Å². The number of aromatic nitrogens is 2. The lowest BCUT2D eigenvalue weighted by atomic mass is 10.2. The van der Waals surface area contributed by atoms with E-state index in [-0.39, 0.29) is 0 Å². The Bertz CT molecular complexity index is 565. The standard InChI is InChI=1S/C16H21N3O2/c1-20-15-4-2-3-13(11-18-14-5-6-14)16(15)21-10-9-19-8-7-17-12-19/h2-4,7-8,12,14,18H,5-6,9-11H2,1H3. The molecule has 112 valence electrons. The van der Waals surface area contributed by atoms with Crippen molar-refractivity contribution < 1.29 is 9.47 Å². The van der Waals surface area contributed by atoms with Gasteiger partial charge in [-0.05, 0) is 18.9 Å². The summed E-state index contributed by atoms with van der Waals surface area (Å²) in [5, 5.41) is 3.52. The maximum atomic E-state index is 5.97. The van der Waals surface area contributed by atoms with Crippen LogP contribution >= 0.6 is 0 Å². The van der Waals surface area contributed by atoms with Crippen LogP contribution in [-0.4, -0.2) is 29.3 Å². The highest BCUT2D eigenvalue weighted by Gasteiger charge is 2.21. The summed E-state index contributed by atoms with van der Waals surface area (Å²) >= 11 is 0. The summed E-state index contributed by atoms with van der Waals surface area (Å²) < 4.78 is 13.4. The molecule has 5 heteroatoms. The van der Waals surface area contributed by atoms with Crippen LogP contribution in [0.4, 0.5) is 0 Å². The molecule has 21 heavy (non-hydrogen) atoms. The Morgan fingerprint density at radius 3 is 3.00 bits per heavy atom. The van der Waals surface area contributed by atoms with Crippen LogP contribution in [-0.2, 0) is 13.1 Å². The van der Waals surface area contributed by atoms with Crippen LogP contribution in [0.3, 0.4) is 0 Å². The van der Waals surface area contributed by atoms with E-state index < -0.39 is 0 Å². The molecule has 1 saturated carbocycles. The first-order valence-electron chi connectivity index (χ1n) is 7.34. The number of rotatable bonds is 8. The third-order valence-electron chi connectivity index (χ3n) is 3.59. The fourth-order valence-corrected chi connectivity index (χ4v) is 2.24. The van der Waals surface area contributed by atoms with E-state index in [1.54, 1.807) is 19.6 Å². The topological polar surface area (TPSA) is 48.3 Å². The monoisotopic (exact) mass is 287 g/mol. The summed E-state index contributed by atoms with van der Waals surface area (Å²) in [4.78, 5) is 4.03. The largest absolute Gasteiger partial charge is 0.493 e. The van der Waals surface area contributed by atoms with Gasteiger partial charge in [0.2, 0.25) is 0 Å². The van der Waals surface area contributed by atoms with Crippen molar-refractivity contribution in [2.75, 3.05) is 13.7 Å². The molecule has 0 spiro atoms. The van der Waals surface area contributed by atoms with Gasteiger partial charge in [0.25, 0.3) is 0 Å². The second kappa shape index (κ2) is 6.63. The summed E-state index contributed by atoms with van der Waals surface area (Å²) in [7, 11) is 1.68. The molecule has 0 amide bonds. The fraction of sp³-hybridized carbons (Fsp3) is 0.438. The summed E-state index contributed by atoms with van der Waals surface area (Å²) in [6.45, 7) is 2.18. The number of hydrogen-bond acceptors (Lipinski definition) is 4. The summed E-state index contributed by atoms with van der Waals surface area (Å²) in [6.07, 6.45) is 8.05. The smallest absolute Gasteiger partial charge is 0.165 e. The third-order valence-corrected chi connectivity index (χ3v) is 3.59. The van der Waals surface area contributed by atoms with Crippen LogP contribution in [0.2, 0.25) is 0 Å². The molecule has 0 aliphatic heterocycles. The van der Waals surface area contributed by atoms with Crippen LogP contribution in [0.1, 0.15) is 18.4 Å². The van der Waals surface area contributed by atoms with Crippen molar-refractivity contribution in [1.82, 2.24) is 14.9 Å². The molecule has 0 atom stereocenters. The van der Waals surface area contributed by atoms with E-state index in [4.69, 9.17) is 9.47 Å². The number of imidazole rings is 1. The Morgan fingerprint density at radius 2 is 2.29 bits per heavy atom. The lowest BCUT2D eigenvalue weighted by Crippen LogP contribution is -2.17. The Kier molecular flexibility index (Phi) is 4.40. The molecular formula is C16H21N3O2. The molecule has 1 aromatic carbocycles. The number of hydrogen-bond donors (Lipinski definition) is 1. The molecule has 0 radical (unpaired) electrons. The van der Waals surface area contributed by atoms with Gasteiger partial charge in [-0.2, -0.15) is 0 Å². The maximum Gasteiger partial charge on any atom is 0.165 e. The van der Waals surface area contributed by atoms with Crippen molar-refractivity contribution >= 4 is 0 Å². The van der Waals surface area contributed by atoms with E-state index in [1.165, 1.54) is 12.8 Å². The average molecular weight is 287 g/mol. The van der Waals surface area contributed by atoms with Crippen LogP contribution in [0.25, 0.3) is 0 Å². The van der Waals surface area contributed by atoms with Gasteiger partial charge in [0, 0.05) is 30.5 Å². The second-order valence-electron chi connectivity index (χ2n) is 5.25. The van der Waals surface area contributed by atoms with Crippen molar-refractivity contribution in [2.24, 2.45) is 0 Å². The van der Waals surface area contributed by atoms with E-state index in [0.717, 1.165) is 30.2 Å². The van der Waals surface area contributed by atoms with Gasteiger partial charge in [-0.1, -0.05) is 12.1 Å². The normalized spacial score (nSPS) is 14.1. The zero-order chi connectivity index (χ0) is 14.5. The molecule has 1 aliphatic carbocycles. The minimum atomic E-state index is 0.590. The van der Waals surface area contributed by atoms with Crippen molar-refractivity contribution in [1.29, 1.82) is 0 Å². The maximum absolute atomic E-state index is 5.97. The number of nitrogens with one attached hydrogen (secondary N) is 1. The Morgan fingerprint density at radius 1 is 1.38 bits per heavy atom. The Labute approximate surface area is 124 Å². The number of methoxy groups -OCH3 is 1. The average Bonchev–Trinajstić information content (AvgIpc) is 3.20. The van der Waals surface area contributed by atoms with Crippen LogP contribution in [0.5, 0.6) is 11.5 Å². The van der Waals surface area contributed by atoms with Crippen molar-refractivity contribution in [3.05, 3.63) is 42.5 Å². The predicted octanol–water partition coefficient (Wildman–Crippen LogP) is 2.22.